The molecule has 4 nitrogen and oxygen atoms in total. The molecule has 1 N–H and O–H groups in total. The van der Waals surface area contributed by atoms with E-state index in [1.807, 2.05) is 24.6 Å². The fourth-order valence-corrected chi connectivity index (χ4v) is 3.76. The third kappa shape index (κ3) is 2.12. The number of hydrogen-bond acceptors (Lipinski definition) is 5. The Morgan fingerprint density at radius 2 is 2.18 bits per heavy atom. The summed E-state index contributed by atoms with van der Waals surface area (Å²) in [6.45, 7) is 8.25. The Labute approximate surface area is 107 Å². The van der Waals surface area contributed by atoms with Crippen LogP contribution in [0.2, 0.25) is 0 Å². The second kappa shape index (κ2) is 4.65. The number of fused-ring (bicyclic) bond motifs is 3. The van der Waals surface area contributed by atoms with E-state index in [-0.39, 0.29) is 0 Å². The van der Waals surface area contributed by atoms with Gasteiger partial charge in [-0.15, -0.1) is 11.3 Å². The number of piperazine rings is 3. The van der Waals surface area contributed by atoms with Crippen molar-refractivity contribution in [2.75, 3.05) is 39.8 Å². The molecule has 4 rings (SSSR count). The Hall–Kier alpha value is -0.490. The topological polar surface area (TPSA) is 31.4 Å². The zero-order valence-corrected chi connectivity index (χ0v) is 11.3. The molecule has 0 spiro atoms. The fourth-order valence-electron chi connectivity index (χ4n) is 2.65. The number of nitrogens with one attached hydrogen (secondary N) is 1. The molecule has 2 atom stereocenters. The monoisotopic (exact) mass is 252 g/mol. The first-order valence-corrected chi connectivity index (χ1v) is 7.19. The number of hydrogen-bond donors (Lipinski definition) is 1. The Balaban J connectivity index is 1.78. The van der Waals surface area contributed by atoms with E-state index in [2.05, 4.69) is 27.0 Å². The van der Waals surface area contributed by atoms with Crippen molar-refractivity contribution in [1.82, 2.24) is 20.1 Å². The summed E-state index contributed by atoms with van der Waals surface area (Å²) in [7, 11) is 2.00. The van der Waals surface area contributed by atoms with Crippen LogP contribution in [0.1, 0.15) is 28.9 Å². The molecule has 17 heavy (non-hydrogen) atoms. The van der Waals surface area contributed by atoms with Gasteiger partial charge in [-0.3, -0.25) is 9.80 Å². The lowest BCUT2D eigenvalue weighted by Crippen LogP contribution is -2.56. The number of thiazole rings is 1. The molecular formula is C12H20N4S. The van der Waals surface area contributed by atoms with E-state index in [1.165, 1.54) is 42.6 Å². The van der Waals surface area contributed by atoms with Crippen molar-refractivity contribution in [1.29, 1.82) is 0 Å². The maximum absolute atomic E-state index is 4.64. The molecule has 2 unspecified atom stereocenters. The highest BCUT2D eigenvalue weighted by molar-refractivity contribution is 7.11. The summed E-state index contributed by atoms with van der Waals surface area (Å²) >= 11 is 1.87. The van der Waals surface area contributed by atoms with E-state index in [0.29, 0.717) is 12.1 Å². The van der Waals surface area contributed by atoms with Gasteiger partial charge >= 0.3 is 0 Å². The Kier molecular flexibility index (Phi) is 3.17. The van der Waals surface area contributed by atoms with Crippen molar-refractivity contribution in [3.05, 3.63) is 16.1 Å². The Morgan fingerprint density at radius 3 is 2.76 bits per heavy atom. The lowest BCUT2D eigenvalue weighted by Gasteiger charge is -2.46. The van der Waals surface area contributed by atoms with Gasteiger partial charge in [0.25, 0.3) is 0 Å². The van der Waals surface area contributed by atoms with Crippen LogP contribution >= 0.6 is 11.3 Å². The van der Waals surface area contributed by atoms with Crippen molar-refractivity contribution in [2.45, 2.75) is 19.0 Å². The molecule has 3 aliphatic heterocycles. The summed E-state index contributed by atoms with van der Waals surface area (Å²) in [6, 6.07) is 0.956. The molecule has 5 heteroatoms. The summed E-state index contributed by atoms with van der Waals surface area (Å²) in [5.41, 5.74) is 0. The van der Waals surface area contributed by atoms with Crippen molar-refractivity contribution in [3.63, 3.8) is 0 Å². The highest BCUT2D eigenvalue weighted by Crippen LogP contribution is 2.32. The molecule has 1 aromatic heterocycles. The quantitative estimate of drug-likeness (QED) is 0.873. The molecule has 0 amide bonds. The first-order valence-electron chi connectivity index (χ1n) is 6.37. The van der Waals surface area contributed by atoms with Gasteiger partial charge in [-0.25, -0.2) is 4.98 Å². The number of aromatic nitrogens is 1. The van der Waals surface area contributed by atoms with E-state index in [9.17, 15) is 0 Å². The van der Waals surface area contributed by atoms with E-state index >= 15 is 0 Å². The summed E-state index contributed by atoms with van der Waals surface area (Å²) in [5.74, 6) is 0. The van der Waals surface area contributed by atoms with Gasteiger partial charge < -0.3 is 5.32 Å². The third-order valence-corrected chi connectivity index (χ3v) is 5.25. The normalized spacial score (nSPS) is 33.9. The van der Waals surface area contributed by atoms with Gasteiger partial charge in [0.1, 0.15) is 5.01 Å². The summed E-state index contributed by atoms with van der Waals surface area (Å²) in [4.78, 5) is 11.1. The molecule has 4 heterocycles. The third-order valence-electron chi connectivity index (χ3n) is 3.97. The average Bonchev–Trinajstić information content (AvgIpc) is 2.88. The summed E-state index contributed by atoms with van der Waals surface area (Å²) < 4.78 is 0. The molecule has 1 aromatic rings. The van der Waals surface area contributed by atoms with Crippen molar-refractivity contribution < 1.29 is 0 Å². The molecular weight excluding hydrogens is 232 g/mol. The largest absolute Gasteiger partial charge is 0.312 e. The van der Waals surface area contributed by atoms with Crippen LogP contribution < -0.4 is 5.32 Å². The van der Waals surface area contributed by atoms with Crippen LogP contribution in [0.5, 0.6) is 0 Å². The van der Waals surface area contributed by atoms with Gasteiger partial charge in [0.2, 0.25) is 0 Å². The first-order chi connectivity index (χ1) is 8.28. The van der Waals surface area contributed by atoms with Crippen molar-refractivity contribution >= 4 is 11.3 Å². The second-order valence-electron chi connectivity index (χ2n) is 4.96. The van der Waals surface area contributed by atoms with Crippen LogP contribution in [-0.2, 0) is 0 Å². The van der Waals surface area contributed by atoms with Gasteiger partial charge in [0.15, 0.2) is 0 Å². The predicted octanol–water partition coefficient (Wildman–Crippen LogP) is 1.10. The molecule has 2 bridgehead atoms. The molecule has 3 saturated heterocycles. The minimum absolute atomic E-state index is 0.414. The highest BCUT2D eigenvalue weighted by atomic mass is 32.1. The molecule has 0 radical (unpaired) electrons. The Bertz CT molecular complexity index is 384. The Morgan fingerprint density at radius 1 is 1.41 bits per heavy atom. The summed E-state index contributed by atoms with van der Waals surface area (Å²) in [5, 5.41) is 4.58. The first kappa shape index (κ1) is 11.6. The summed E-state index contributed by atoms with van der Waals surface area (Å²) in [6.07, 6.45) is 2.04. The standard InChI is InChI=1S/C12H20N4S/c1-9(13-2)11-7-14-12(17-11)10-8-15-3-5-16(10)6-4-15/h7,9-10,13H,3-6,8H2,1-2H3. The van der Waals surface area contributed by atoms with E-state index in [4.69, 9.17) is 0 Å². The maximum atomic E-state index is 4.64. The second-order valence-corrected chi connectivity index (χ2v) is 6.06. The van der Waals surface area contributed by atoms with Gasteiger partial charge in [-0.05, 0) is 14.0 Å². The lowest BCUT2D eigenvalue weighted by molar-refractivity contribution is 0.0122. The fraction of sp³-hybridized carbons (Fsp3) is 0.750. The van der Waals surface area contributed by atoms with E-state index < -0.39 is 0 Å². The highest BCUT2D eigenvalue weighted by Gasteiger charge is 2.34. The van der Waals surface area contributed by atoms with Crippen LogP contribution in [0.4, 0.5) is 0 Å². The van der Waals surface area contributed by atoms with Gasteiger partial charge in [0, 0.05) is 49.8 Å². The van der Waals surface area contributed by atoms with Crippen LogP contribution in [0.15, 0.2) is 6.20 Å². The van der Waals surface area contributed by atoms with Crippen molar-refractivity contribution in [2.24, 2.45) is 0 Å². The molecule has 0 aromatic carbocycles. The van der Waals surface area contributed by atoms with Crippen LogP contribution in [0, 0.1) is 0 Å². The zero-order valence-electron chi connectivity index (χ0n) is 10.5. The van der Waals surface area contributed by atoms with Gasteiger partial charge in [0.05, 0.1) is 6.04 Å². The maximum Gasteiger partial charge on any atom is 0.111 e. The van der Waals surface area contributed by atoms with Crippen molar-refractivity contribution in [3.8, 4) is 0 Å². The lowest BCUT2D eigenvalue weighted by atomic mass is 10.1. The molecule has 0 saturated carbocycles. The van der Waals surface area contributed by atoms with Crippen LogP contribution in [0.3, 0.4) is 0 Å². The van der Waals surface area contributed by atoms with E-state index in [0.717, 1.165) is 0 Å². The molecule has 3 aliphatic rings. The zero-order chi connectivity index (χ0) is 11.8. The number of rotatable bonds is 3. The van der Waals surface area contributed by atoms with Gasteiger partial charge in [-0.2, -0.15) is 0 Å². The smallest absolute Gasteiger partial charge is 0.111 e. The predicted molar refractivity (Wildman–Crippen MR) is 70.3 cm³/mol. The number of nitrogens with zero attached hydrogens (tertiary/aromatic N) is 3. The van der Waals surface area contributed by atoms with E-state index in [1.54, 1.807) is 0 Å². The molecule has 3 fully saturated rings. The molecule has 94 valence electrons. The molecule has 0 aliphatic carbocycles. The van der Waals surface area contributed by atoms with Crippen LogP contribution in [-0.4, -0.2) is 54.6 Å². The van der Waals surface area contributed by atoms with Crippen LogP contribution in [0.25, 0.3) is 0 Å². The minimum Gasteiger partial charge on any atom is -0.312 e. The SMILES string of the molecule is CNC(C)c1cnc(C2CN3CCN2CC3)s1. The average molecular weight is 252 g/mol. The minimum atomic E-state index is 0.414. The van der Waals surface area contributed by atoms with Gasteiger partial charge in [-0.1, -0.05) is 0 Å².